The van der Waals surface area contributed by atoms with E-state index in [2.05, 4.69) is 18.7 Å². The van der Waals surface area contributed by atoms with Gasteiger partial charge in [0.15, 0.2) is 0 Å². The average molecular weight is 229 g/mol. The first-order chi connectivity index (χ1) is 7.58. The summed E-state index contributed by atoms with van der Waals surface area (Å²) < 4.78 is 5.49. The molecule has 3 atom stereocenters. The minimum absolute atomic E-state index is 0.0553. The fourth-order valence-electron chi connectivity index (χ4n) is 2.21. The number of aliphatic hydroxyl groups excluding tert-OH is 1. The minimum atomic E-state index is -0.0998. The van der Waals surface area contributed by atoms with Crippen molar-refractivity contribution in [1.82, 2.24) is 4.90 Å². The Balaban J connectivity index is 2.61. The van der Waals surface area contributed by atoms with Gasteiger partial charge in [-0.05, 0) is 13.3 Å². The van der Waals surface area contributed by atoms with E-state index in [1.807, 2.05) is 0 Å². The lowest BCUT2D eigenvalue weighted by molar-refractivity contribution is -0.0906. The van der Waals surface area contributed by atoms with Crippen LogP contribution in [0.2, 0.25) is 0 Å². The summed E-state index contributed by atoms with van der Waals surface area (Å²) in [7, 11) is 0. The molecular weight excluding hydrogens is 206 g/mol. The Hall–Kier alpha value is -0.650. The molecule has 0 saturated carbocycles. The zero-order valence-corrected chi connectivity index (χ0v) is 10.1. The van der Waals surface area contributed by atoms with E-state index in [0.29, 0.717) is 19.1 Å². The summed E-state index contributed by atoms with van der Waals surface area (Å²) in [6.45, 7) is 5.63. The van der Waals surface area contributed by atoms with Gasteiger partial charge in [0, 0.05) is 25.0 Å². The molecule has 16 heavy (non-hydrogen) atoms. The third-order valence-corrected chi connectivity index (χ3v) is 3.15. The Morgan fingerprint density at radius 2 is 2.38 bits per heavy atom. The van der Waals surface area contributed by atoms with Gasteiger partial charge in [0.1, 0.15) is 0 Å². The lowest BCUT2D eigenvalue weighted by atomic mass is 10.0. The maximum Gasteiger partial charge on any atom is 0.0933 e. The Kier molecular flexibility index (Phi) is 5.18. The van der Waals surface area contributed by atoms with Crippen molar-refractivity contribution in [3.05, 3.63) is 0 Å². The van der Waals surface area contributed by atoms with Crippen molar-refractivity contribution in [2.45, 2.75) is 44.9 Å². The molecule has 1 saturated heterocycles. The highest BCUT2D eigenvalue weighted by Gasteiger charge is 2.30. The van der Waals surface area contributed by atoms with E-state index in [1.165, 1.54) is 0 Å². The SMILES string of the molecule is CCC(CC(=N)N)N1CC(CO)OCC1C. The number of rotatable bonds is 5. The molecule has 0 aliphatic carbocycles. The highest BCUT2D eigenvalue weighted by atomic mass is 16.5. The smallest absolute Gasteiger partial charge is 0.0933 e. The first kappa shape index (κ1) is 13.4. The van der Waals surface area contributed by atoms with Crippen LogP contribution in [-0.2, 0) is 4.74 Å². The van der Waals surface area contributed by atoms with Gasteiger partial charge >= 0.3 is 0 Å². The molecule has 0 spiro atoms. The van der Waals surface area contributed by atoms with E-state index < -0.39 is 0 Å². The molecule has 94 valence electrons. The molecule has 5 heteroatoms. The van der Waals surface area contributed by atoms with Gasteiger partial charge in [-0.3, -0.25) is 10.3 Å². The predicted molar refractivity (Wildman–Crippen MR) is 63.6 cm³/mol. The number of amidine groups is 1. The quantitative estimate of drug-likeness (QED) is 0.464. The van der Waals surface area contributed by atoms with E-state index in [0.717, 1.165) is 13.0 Å². The van der Waals surface area contributed by atoms with Crippen LogP contribution in [0.5, 0.6) is 0 Å². The largest absolute Gasteiger partial charge is 0.394 e. The predicted octanol–water partition coefficient (Wildman–Crippen LogP) is 0.173. The van der Waals surface area contributed by atoms with Gasteiger partial charge in [-0.2, -0.15) is 0 Å². The number of morpholine rings is 1. The van der Waals surface area contributed by atoms with Gasteiger partial charge in [-0.1, -0.05) is 6.92 Å². The number of nitrogens with zero attached hydrogens (tertiary/aromatic N) is 1. The van der Waals surface area contributed by atoms with Gasteiger partial charge in [0.2, 0.25) is 0 Å². The molecule has 0 radical (unpaired) electrons. The van der Waals surface area contributed by atoms with Crippen LogP contribution < -0.4 is 5.73 Å². The molecular formula is C11H23N3O2. The standard InChI is InChI=1S/C11H23N3O2/c1-3-9(4-11(12)13)14-5-10(6-15)16-7-8(14)2/h8-10,15H,3-7H2,1-2H3,(H3,12,13). The van der Waals surface area contributed by atoms with Crippen molar-refractivity contribution in [3.63, 3.8) is 0 Å². The second kappa shape index (κ2) is 6.18. The number of ether oxygens (including phenoxy) is 1. The molecule has 3 unspecified atom stereocenters. The van der Waals surface area contributed by atoms with Crippen LogP contribution in [0, 0.1) is 5.41 Å². The highest BCUT2D eigenvalue weighted by molar-refractivity contribution is 5.77. The van der Waals surface area contributed by atoms with E-state index >= 15 is 0 Å². The number of aliphatic hydroxyl groups is 1. The average Bonchev–Trinajstić information content (AvgIpc) is 2.26. The summed E-state index contributed by atoms with van der Waals surface area (Å²) >= 11 is 0. The lowest BCUT2D eigenvalue weighted by Crippen LogP contribution is -2.54. The van der Waals surface area contributed by atoms with Crippen LogP contribution in [-0.4, -0.2) is 53.8 Å². The monoisotopic (exact) mass is 229 g/mol. The van der Waals surface area contributed by atoms with Gasteiger partial charge in [-0.25, -0.2) is 0 Å². The second-order valence-corrected chi connectivity index (χ2v) is 4.48. The summed E-state index contributed by atoms with van der Waals surface area (Å²) in [6, 6.07) is 0.609. The summed E-state index contributed by atoms with van der Waals surface area (Å²) in [5.41, 5.74) is 5.46. The molecule has 1 aliphatic rings. The Labute approximate surface area is 97.1 Å². The summed E-state index contributed by atoms with van der Waals surface area (Å²) in [5, 5.41) is 16.5. The van der Waals surface area contributed by atoms with Crippen LogP contribution in [0.3, 0.4) is 0 Å². The molecule has 1 rings (SSSR count). The van der Waals surface area contributed by atoms with Crippen LogP contribution in [0.1, 0.15) is 26.7 Å². The van der Waals surface area contributed by atoms with Crippen molar-refractivity contribution in [2.75, 3.05) is 19.8 Å². The fraction of sp³-hybridized carbons (Fsp3) is 0.909. The molecule has 1 fully saturated rings. The first-order valence-corrected chi connectivity index (χ1v) is 5.89. The van der Waals surface area contributed by atoms with Gasteiger partial charge in [0.05, 0.1) is 25.2 Å². The molecule has 1 aliphatic heterocycles. The maximum atomic E-state index is 9.11. The van der Waals surface area contributed by atoms with Gasteiger partial charge < -0.3 is 15.6 Å². The fourth-order valence-corrected chi connectivity index (χ4v) is 2.21. The Morgan fingerprint density at radius 1 is 1.69 bits per heavy atom. The third-order valence-electron chi connectivity index (χ3n) is 3.15. The topological polar surface area (TPSA) is 82.6 Å². The van der Waals surface area contributed by atoms with Crippen molar-refractivity contribution in [2.24, 2.45) is 5.73 Å². The maximum absolute atomic E-state index is 9.11. The molecule has 0 bridgehead atoms. The zero-order chi connectivity index (χ0) is 12.1. The second-order valence-electron chi connectivity index (χ2n) is 4.48. The number of hydrogen-bond donors (Lipinski definition) is 3. The van der Waals surface area contributed by atoms with Crippen LogP contribution >= 0.6 is 0 Å². The molecule has 4 N–H and O–H groups in total. The van der Waals surface area contributed by atoms with E-state index in [1.54, 1.807) is 0 Å². The molecule has 0 aromatic rings. The highest BCUT2D eigenvalue weighted by Crippen LogP contribution is 2.18. The molecule has 0 amide bonds. The molecule has 0 aromatic carbocycles. The van der Waals surface area contributed by atoms with Crippen molar-refractivity contribution < 1.29 is 9.84 Å². The van der Waals surface area contributed by atoms with Crippen molar-refractivity contribution in [3.8, 4) is 0 Å². The molecule has 5 nitrogen and oxygen atoms in total. The Bertz CT molecular complexity index is 235. The third kappa shape index (κ3) is 3.43. The lowest BCUT2D eigenvalue weighted by Gasteiger charge is -2.42. The summed E-state index contributed by atoms with van der Waals surface area (Å²) in [5.74, 6) is 0.228. The zero-order valence-electron chi connectivity index (χ0n) is 10.1. The number of hydrogen-bond acceptors (Lipinski definition) is 4. The normalized spacial score (nSPS) is 28.9. The van der Waals surface area contributed by atoms with Crippen molar-refractivity contribution in [1.29, 1.82) is 5.41 Å². The van der Waals surface area contributed by atoms with Gasteiger partial charge in [-0.15, -0.1) is 0 Å². The molecule has 0 aromatic heterocycles. The molecule has 1 heterocycles. The van der Waals surface area contributed by atoms with Crippen LogP contribution in [0.15, 0.2) is 0 Å². The number of nitrogens with two attached hydrogens (primary N) is 1. The van der Waals surface area contributed by atoms with Crippen molar-refractivity contribution >= 4 is 5.84 Å². The van der Waals surface area contributed by atoms with Gasteiger partial charge in [0.25, 0.3) is 0 Å². The van der Waals surface area contributed by atoms with E-state index in [4.69, 9.17) is 21.0 Å². The first-order valence-electron chi connectivity index (χ1n) is 5.89. The van der Waals surface area contributed by atoms with Crippen LogP contribution in [0.4, 0.5) is 0 Å². The Morgan fingerprint density at radius 3 is 2.88 bits per heavy atom. The van der Waals surface area contributed by atoms with Crippen LogP contribution in [0.25, 0.3) is 0 Å². The van der Waals surface area contributed by atoms with E-state index in [9.17, 15) is 0 Å². The van der Waals surface area contributed by atoms with E-state index in [-0.39, 0.29) is 24.6 Å². The minimum Gasteiger partial charge on any atom is -0.394 e. The summed E-state index contributed by atoms with van der Waals surface area (Å²) in [6.07, 6.45) is 1.46. The number of nitrogens with one attached hydrogen (secondary N) is 1. The summed E-state index contributed by atoms with van der Waals surface area (Å²) in [4.78, 5) is 2.30.